The molecule has 0 aromatic heterocycles. The zero-order valence-corrected chi connectivity index (χ0v) is 5.55. The van der Waals surface area contributed by atoms with Crippen LogP contribution in [0.1, 0.15) is 6.42 Å². The monoisotopic (exact) mass is 133 g/mol. The summed E-state index contributed by atoms with van der Waals surface area (Å²) in [4.78, 5) is 1.93. The van der Waals surface area contributed by atoms with Gasteiger partial charge in [-0.15, -0.1) is 0 Å². The lowest BCUT2D eigenvalue weighted by molar-refractivity contribution is 0.0126. The van der Waals surface area contributed by atoms with E-state index in [1.807, 2.05) is 11.9 Å². The normalized spacial score (nSPS) is 39.0. The van der Waals surface area contributed by atoms with Crippen LogP contribution in [0.3, 0.4) is 0 Å². The zero-order chi connectivity index (χ0) is 6.85. The molecule has 1 aliphatic rings. The van der Waals surface area contributed by atoms with Crippen molar-refractivity contribution in [3.05, 3.63) is 0 Å². The van der Waals surface area contributed by atoms with Crippen LogP contribution in [-0.2, 0) is 0 Å². The summed E-state index contributed by atoms with van der Waals surface area (Å²) in [6.45, 7) is 1.24. The smallest absolute Gasteiger partial charge is 0.128 e. The number of piperidine rings is 1. The van der Waals surface area contributed by atoms with Crippen molar-refractivity contribution >= 4 is 0 Å². The van der Waals surface area contributed by atoms with Gasteiger partial charge in [-0.05, 0) is 13.5 Å². The fourth-order valence-electron chi connectivity index (χ4n) is 1.06. The van der Waals surface area contributed by atoms with E-state index in [0.717, 1.165) is 6.54 Å². The van der Waals surface area contributed by atoms with Gasteiger partial charge in [0.15, 0.2) is 0 Å². The molecule has 2 atom stereocenters. The fraction of sp³-hybridized carbons (Fsp3) is 1.00. The summed E-state index contributed by atoms with van der Waals surface area (Å²) in [5, 5.41) is 8.93. The highest BCUT2D eigenvalue weighted by molar-refractivity contribution is 4.77. The van der Waals surface area contributed by atoms with Crippen LogP contribution in [0.15, 0.2) is 0 Å². The number of nitrogens with zero attached hydrogens (tertiary/aromatic N) is 1. The molecule has 0 aromatic carbocycles. The SMILES string of the molecule is CN1CC[C@@H](F)[C@@H](O)C1. The van der Waals surface area contributed by atoms with Crippen LogP contribution >= 0.6 is 0 Å². The number of halogens is 1. The predicted octanol–water partition coefficient (Wildman–Crippen LogP) is 0.0209. The molecule has 2 nitrogen and oxygen atoms in total. The first-order valence-electron chi connectivity index (χ1n) is 3.21. The van der Waals surface area contributed by atoms with Gasteiger partial charge in [0.1, 0.15) is 6.17 Å². The van der Waals surface area contributed by atoms with Crippen LogP contribution in [0, 0.1) is 0 Å². The maximum absolute atomic E-state index is 12.5. The molecular weight excluding hydrogens is 121 g/mol. The van der Waals surface area contributed by atoms with Gasteiger partial charge < -0.3 is 10.0 Å². The lowest BCUT2D eigenvalue weighted by atomic mass is 10.1. The summed E-state index contributed by atoms with van der Waals surface area (Å²) in [5.41, 5.74) is 0. The first-order chi connectivity index (χ1) is 4.20. The van der Waals surface area contributed by atoms with Crippen molar-refractivity contribution in [3.8, 4) is 0 Å². The molecule has 1 fully saturated rings. The Bertz CT molecular complexity index is 99.1. The Balaban J connectivity index is 2.35. The first-order valence-corrected chi connectivity index (χ1v) is 3.21. The standard InChI is InChI=1S/C6H12FNO/c1-8-3-2-5(7)6(9)4-8/h5-6,9H,2-4H2,1H3/t5-,6+/m1/s1. The maximum Gasteiger partial charge on any atom is 0.128 e. The number of likely N-dealkylation sites (tertiary alicyclic amines) is 1. The molecule has 0 aliphatic carbocycles. The van der Waals surface area contributed by atoms with E-state index in [4.69, 9.17) is 5.11 Å². The van der Waals surface area contributed by atoms with E-state index in [1.54, 1.807) is 0 Å². The van der Waals surface area contributed by atoms with E-state index in [2.05, 4.69) is 0 Å². The van der Waals surface area contributed by atoms with E-state index in [-0.39, 0.29) is 0 Å². The first kappa shape index (κ1) is 6.96. The number of likely N-dealkylation sites (N-methyl/N-ethyl adjacent to an activating group) is 1. The Labute approximate surface area is 54.3 Å². The van der Waals surface area contributed by atoms with Crippen LogP contribution in [0.25, 0.3) is 0 Å². The lowest BCUT2D eigenvalue weighted by Gasteiger charge is -2.28. The molecule has 1 rings (SSSR count). The van der Waals surface area contributed by atoms with Crippen LogP contribution in [0.4, 0.5) is 4.39 Å². The summed E-state index contributed by atoms with van der Waals surface area (Å²) >= 11 is 0. The largest absolute Gasteiger partial charge is 0.389 e. The minimum atomic E-state index is -0.999. The van der Waals surface area contributed by atoms with Crippen LogP contribution in [0.2, 0.25) is 0 Å². The Morgan fingerprint density at radius 1 is 1.67 bits per heavy atom. The van der Waals surface area contributed by atoms with E-state index in [9.17, 15) is 4.39 Å². The number of hydrogen-bond donors (Lipinski definition) is 1. The highest BCUT2D eigenvalue weighted by atomic mass is 19.1. The van der Waals surface area contributed by atoms with Crippen molar-refractivity contribution in [2.75, 3.05) is 20.1 Å². The molecule has 0 aromatic rings. The predicted molar refractivity (Wildman–Crippen MR) is 33.0 cm³/mol. The van der Waals surface area contributed by atoms with Crippen LogP contribution in [-0.4, -0.2) is 42.4 Å². The summed E-state index contributed by atoms with van der Waals surface area (Å²) in [6.07, 6.45) is -1.29. The van der Waals surface area contributed by atoms with Gasteiger partial charge in [0.25, 0.3) is 0 Å². The third-order valence-corrected chi connectivity index (χ3v) is 1.70. The zero-order valence-electron chi connectivity index (χ0n) is 5.55. The molecule has 0 amide bonds. The fourth-order valence-corrected chi connectivity index (χ4v) is 1.06. The minimum absolute atomic E-state index is 0.470. The van der Waals surface area contributed by atoms with Crippen LogP contribution < -0.4 is 0 Å². The molecule has 0 spiro atoms. The summed E-state index contributed by atoms with van der Waals surface area (Å²) < 4.78 is 12.5. The molecular formula is C6H12FNO. The summed E-state index contributed by atoms with van der Waals surface area (Å²) in [7, 11) is 1.88. The van der Waals surface area contributed by atoms with Gasteiger partial charge in [0.2, 0.25) is 0 Å². The molecule has 1 aliphatic heterocycles. The van der Waals surface area contributed by atoms with Gasteiger partial charge in [-0.2, -0.15) is 0 Å². The Hall–Kier alpha value is -0.150. The second kappa shape index (κ2) is 2.62. The molecule has 0 radical (unpaired) electrons. The van der Waals surface area contributed by atoms with E-state index in [0.29, 0.717) is 13.0 Å². The number of β-amino-alcohol motifs (C(OH)–C–C–N with tert-alkyl or cyclic N) is 1. The number of aliphatic hydroxyl groups excluding tert-OH is 1. The molecule has 0 saturated carbocycles. The van der Waals surface area contributed by atoms with Gasteiger partial charge >= 0.3 is 0 Å². The van der Waals surface area contributed by atoms with Gasteiger partial charge in [0, 0.05) is 13.1 Å². The van der Waals surface area contributed by atoms with Crippen molar-refractivity contribution < 1.29 is 9.50 Å². The van der Waals surface area contributed by atoms with Gasteiger partial charge in [-0.25, -0.2) is 4.39 Å². The van der Waals surface area contributed by atoms with Gasteiger partial charge in [0.05, 0.1) is 6.10 Å². The van der Waals surface area contributed by atoms with Crippen molar-refractivity contribution in [1.82, 2.24) is 4.90 Å². The van der Waals surface area contributed by atoms with E-state index >= 15 is 0 Å². The molecule has 1 heterocycles. The number of aliphatic hydroxyl groups is 1. The molecule has 0 bridgehead atoms. The molecule has 1 saturated heterocycles. The highest BCUT2D eigenvalue weighted by Crippen LogP contribution is 2.11. The molecule has 9 heavy (non-hydrogen) atoms. The van der Waals surface area contributed by atoms with Crippen molar-refractivity contribution in [2.45, 2.75) is 18.7 Å². The quantitative estimate of drug-likeness (QED) is 0.503. The second-order valence-corrected chi connectivity index (χ2v) is 2.63. The third kappa shape index (κ3) is 1.63. The number of hydrogen-bond acceptors (Lipinski definition) is 2. The molecule has 0 unspecified atom stereocenters. The Morgan fingerprint density at radius 3 is 2.78 bits per heavy atom. The second-order valence-electron chi connectivity index (χ2n) is 2.63. The highest BCUT2D eigenvalue weighted by Gasteiger charge is 2.24. The van der Waals surface area contributed by atoms with E-state index < -0.39 is 12.3 Å². The van der Waals surface area contributed by atoms with E-state index in [1.165, 1.54) is 0 Å². The summed E-state index contributed by atoms with van der Waals surface area (Å²) in [6, 6.07) is 0. The molecule has 3 heteroatoms. The average Bonchev–Trinajstić information content (AvgIpc) is 1.80. The molecule has 1 N–H and O–H groups in total. The lowest BCUT2D eigenvalue weighted by Crippen LogP contribution is -2.42. The number of rotatable bonds is 0. The Kier molecular flexibility index (Phi) is 2.03. The topological polar surface area (TPSA) is 23.5 Å². The Morgan fingerprint density at radius 2 is 2.33 bits per heavy atom. The van der Waals surface area contributed by atoms with Crippen molar-refractivity contribution in [2.24, 2.45) is 0 Å². The van der Waals surface area contributed by atoms with Gasteiger partial charge in [-0.1, -0.05) is 0 Å². The van der Waals surface area contributed by atoms with Crippen LogP contribution in [0.5, 0.6) is 0 Å². The average molecular weight is 133 g/mol. The van der Waals surface area contributed by atoms with Crippen molar-refractivity contribution in [1.29, 1.82) is 0 Å². The van der Waals surface area contributed by atoms with Gasteiger partial charge in [-0.3, -0.25) is 0 Å². The molecule has 54 valence electrons. The third-order valence-electron chi connectivity index (χ3n) is 1.70. The summed E-state index contributed by atoms with van der Waals surface area (Å²) in [5.74, 6) is 0. The maximum atomic E-state index is 12.5. The minimum Gasteiger partial charge on any atom is -0.389 e. The number of alkyl halides is 1. The van der Waals surface area contributed by atoms with Crippen molar-refractivity contribution in [3.63, 3.8) is 0 Å².